The predicted octanol–water partition coefficient (Wildman–Crippen LogP) is 2.21. The van der Waals surface area contributed by atoms with Crippen molar-refractivity contribution in [3.05, 3.63) is 33.9 Å². The quantitative estimate of drug-likeness (QED) is 0.826. The fraction of sp³-hybridized carbons (Fsp3) is 0.500. The van der Waals surface area contributed by atoms with E-state index in [0.717, 1.165) is 23.1 Å². The molecule has 0 aliphatic heterocycles. The lowest BCUT2D eigenvalue weighted by Gasteiger charge is -2.12. The van der Waals surface area contributed by atoms with E-state index >= 15 is 0 Å². The van der Waals surface area contributed by atoms with E-state index in [0.29, 0.717) is 6.42 Å². The number of Topliss-reactive ketones (excluding diaryl/α,β-unsaturated/α-hetero) is 1. The van der Waals surface area contributed by atoms with Crippen molar-refractivity contribution in [2.24, 2.45) is 5.92 Å². The van der Waals surface area contributed by atoms with E-state index in [1.807, 2.05) is 13.8 Å². The molecule has 0 saturated heterocycles. The summed E-state index contributed by atoms with van der Waals surface area (Å²) in [6.45, 7) is 6.20. The molecular formula is C14H18O2. The van der Waals surface area contributed by atoms with Gasteiger partial charge in [0.2, 0.25) is 0 Å². The average molecular weight is 218 g/mol. The molecule has 1 aromatic rings. The molecule has 0 unspecified atom stereocenters. The van der Waals surface area contributed by atoms with E-state index in [2.05, 4.69) is 13.0 Å². The van der Waals surface area contributed by atoms with E-state index in [1.165, 1.54) is 11.1 Å². The second kappa shape index (κ2) is 4.02. The number of aliphatic hydroxyl groups is 1. The summed E-state index contributed by atoms with van der Waals surface area (Å²) in [6, 6.07) is 2.12. The second-order valence-electron chi connectivity index (χ2n) is 4.77. The number of hydrogen-bond acceptors (Lipinski definition) is 2. The number of carbonyl (C=O) groups is 1. The molecule has 2 rings (SSSR count). The van der Waals surface area contributed by atoms with Gasteiger partial charge in [-0.3, -0.25) is 4.79 Å². The first-order valence-electron chi connectivity index (χ1n) is 5.83. The highest BCUT2D eigenvalue weighted by atomic mass is 16.2. The van der Waals surface area contributed by atoms with Gasteiger partial charge in [0.05, 0.1) is 0 Å². The Morgan fingerprint density at radius 3 is 2.75 bits per heavy atom. The predicted molar refractivity (Wildman–Crippen MR) is 63.9 cm³/mol. The Morgan fingerprint density at radius 2 is 2.12 bits per heavy atom. The van der Waals surface area contributed by atoms with Gasteiger partial charge in [-0.2, -0.15) is 0 Å². The lowest BCUT2D eigenvalue weighted by molar-refractivity contribution is 0.0945. The summed E-state index contributed by atoms with van der Waals surface area (Å²) in [7, 11) is 0. The molecule has 1 aliphatic carbocycles. The Kier molecular flexibility index (Phi) is 2.85. The molecule has 2 nitrogen and oxygen atoms in total. The molecule has 0 radical (unpaired) electrons. The minimum atomic E-state index is 0.123. The van der Waals surface area contributed by atoms with Crippen LogP contribution in [0.1, 0.15) is 39.5 Å². The largest absolute Gasteiger partial charge is 0.396 e. The minimum Gasteiger partial charge on any atom is -0.396 e. The van der Waals surface area contributed by atoms with E-state index in [4.69, 9.17) is 5.11 Å². The smallest absolute Gasteiger partial charge is 0.166 e. The van der Waals surface area contributed by atoms with Crippen LogP contribution in [0.4, 0.5) is 0 Å². The third-order valence-electron chi connectivity index (χ3n) is 3.60. The number of carbonyl (C=O) groups excluding carboxylic acids is 1. The number of benzene rings is 1. The molecule has 0 bridgehead atoms. The molecule has 86 valence electrons. The van der Waals surface area contributed by atoms with Gasteiger partial charge in [0.1, 0.15) is 0 Å². The molecule has 0 heterocycles. The first kappa shape index (κ1) is 11.3. The number of fused-ring (bicyclic) bond motifs is 1. The van der Waals surface area contributed by atoms with E-state index in [9.17, 15) is 4.79 Å². The van der Waals surface area contributed by atoms with Gasteiger partial charge < -0.3 is 5.11 Å². The third kappa shape index (κ3) is 1.57. The van der Waals surface area contributed by atoms with Crippen molar-refractivity contribution in [2.45, 2.75) is 33.6 Å². The summed E-state index contributed by atoms with van der Waals surface area (Å²) in [4.78, 5) is 12.0. The minimum absolute atomic E-state index is 0.123. The maximum Gasteiger partial charge on any atom is 0.166 e. The molecule has 16 heavy (non-hydrogen) atoms. The lowest BCUT2D eigenvalue weighted by atomic mass is 9.92. The molecule has 1 aliphatic rings. The second-order valence-corrected chi connectivity index (χ2v) is 4.77. The third-order valence-corrected chi connectivity index (χ3v) is 3.60. The van der Waals surface area contributed by atoms with Crippen molar-refractivity contribution in [3.8, 4) is 0 Å². The maximum atomic E-state index is 12.0. The molecule has 1 N–H and O–H groups in total. The molecular weight excluding hydrogens is 200 g/mol. The van der Waals surface area contributed by atoms with E-state index in [1.54, 1.807) is 0 Å². The standard InChI is InChI=1S/C14H18O2/c1-8-6-11-7-9(2)14(16)13(11)10(3)12(8)4-5-15/h6,9,15H,4-5,7H2,1-3H3/t9-/m1/s1. The van der Waals surface area contributed by atoms with Crippen molar-refractivity contribution in [3.63, 3.8) is 0 Å². The van der Waals surface area contributed by atoms with E-state index in [-0.39, 0.29) is 18.3 Å². The monoisotopic (exact) mass is 218 g/mol. The molecule has 0 fully saturated rings. The molecule has 0 saturated carbocycles. The number of aryl methyl sites for hydroxylation is 1. The highest BCUT2D eigenvalue weighted by molar-refractivity contribution is 6.03. The van der Waals surface area contributed by atoms with Gasteiger partial charge >= 0.3 is 0 Å². The van der Waals surface area contributed by atoms with Gasteiger partial charge in [-0.05, 0) is 48.9 Å². The maximum absolute atomic E-state index is 12.0. The van der Waals surface area contributed by atoms with Crippen molar-refractivity contribution < 1.29 is 9.90 Å². The Bertz CT molecular complexity index is 447. The van der Waals surface area contributed by atoms with Crippen LogP contribution >= 0.6 is 0 Å². The van der Waals surface area contributed by atoms with E-state index < -0.39 is 0 Å². The molecule has 0 aromatic heterocycles. The number of aliphatic hydroxyl groups excluding tert-OH is 1. The fourth-order valence-corrected chi connectivity index (χ4v) is 2.78. The zero-order chi connectivity index (χ0) is 11.9. The van der Waals surface area contributed by atoms with Gasteiger partial charge in [0.15, 0.2) is 5.78 Å². The summed E-state index contributed by atoms with van der Waals surface area (Å²) in [5, 5.41) is 9.05. The molecule has 2 heteroatoms. The molecule has 1 aromatic carbocycles. The SMILES string of the molecule is Cc1cc2c(c(C)c1CCO)C(=O)[C@H](C)C2. The summed E-state index contributed by atoms with van der Waals surface area (Å²) in [5.41, 5.74) is 5.53. The van der Waals surface area contributed by atoms with Crippen LogP contribution in [-0.2, 0) is 12.8 Å². The normalized spacial score (nSPS) is 19.0. The van der Waals surface area contributed by atoms with Crippen LogP contribution in [-0.4, -0.2) is 17.5 Å². The Balaban J connectivity index is 2.59. The molecule has 0 amide bonds. The van der Waals surface area contributed by atoms with Gasteiger partial charge in [-0.25, -0.2) is 0 Å². The van der Waals surface area contributed by atoms with Crippen molar-refractivity contribution in [1.29, 1.82) is 0 Å². The van der Waals surface area contributed by atoms with Gasteiger partial charge in [-0.15, -0.1) is 0 Å². The zero-order valence-electron chi connectivity index (χ0n) is 10.1. The summed E-state index contributed by atoms with van der Waals surface area (Å²) >= 11 is 0. The summed E-state index contributed by atoms with van der Waals surface area (Å²) in [6.07, 6.45) is 1.52. The number of rotatable bonds is 2. The van der Waals surface area contributed by atoms with Gasteiger partial charge in [0, 0.05) is 18.1 Å². The van der Waals surface area contributed by atoms with Crippen LogP contribution in [0, 0.1) is 19.8 Å². The highest BCUT2D eigenvalue weighted by Gasteiger charge is 2.29. The van der Waals surface area contributed by atoms with Crippen molar-refractivity contribution in [1.82, 2.24) is 0 Å². The van der Waals surface area contributed by atoms with Gasteiger partial charge in [-0.1, -0.05) is 13.0 Å². The average Bonchev–Trinajstić information content (AvgIpc) is 2.49. The van der Waals surface area contributed by atoms with Gasteiger partial charge in [0.25, 0.3) is 0 Å². The van der Waals surface area contributed by atoms with Crippen molar-refractivity contribution >= 4 is 5.78 Å². The zero-order valence-corrected chi connectivity index (χ0v) is 10.1. The van der Waals surface area contributed by atoms with Crippen LogP contribution in [0.15, 0.2) is 6.07 Å². The summed E-state index contributed by atoms with van der Waals surface area (Å²) < 4.78 is 0. The number of hydrogen-bond donors (Lipinski definition) is 1. The van der Waals surface area contributed by atoms with Crippen LogP contribution < -0.4 is 0 Å². The Hall–Kier alpha value is -1.15. The first-order chi connectivity index (χ1) is 7.56. The van der Waals surface area contributed by atoms with Crippen LogP contribution in [0.2, 0.25) is 0 Å². The Morgan fingerprint density at radius 1 is 1.44 bits per heavy atom. The van der Waals surface area contributed by atoms with Crippen LogP contribution in [0.25, 0.3) is 0 Å². The number of ketones is 1. The van der Waals surface area contributed by atoms with Crippen molar-refractivity contribution in [2.75, 3.05) is 6.61 Å². The topological polar surface area (TPSA) is 37.3 Å². The Labute approximate surface area is 96.3 Å². The first-order valence-corrected chi connectivity index (χ1v) is 5.83. The molecule has 0 spiro atoms. The summed E-state index contributed by atoms with van der Waals surface area (Å²) in [5.74, 6) is 0.393. The fourth-order valence-electron chi connectivity index (χ4n) is 2.78. The molecule has 1 atom stereocenters. The van der Waals surface area contributed by atoms with Crippen LogP contribution in [0.3, 0.4) is 0 Å². The van der Waals surface area contributed by atoms with Crippen LogP contribution in [0.5, 0.6) is 0 Å². The highest BCUT2D eigenvalue weighted by Crippen LogP contribution is 2.32. The lowest BCUT2D eigenvalue weighted by Crippen LogP contribution is -2.07.